The molecule has 0 fully saturated rings. The molecule has 0 radical (unpaired) electrons. The molecule has 0 amide bonds. The first-order chi connectivity index (χ1) is 26.8. The van der Waals surface area contributed by atoms with Gasteiger partial charge in [-0.2, -0.15) is 0 Å². The van der Waals surface area contributed by atoms with Gasteiger partial charge < -0.3 is 0 Å². The highest BCUT2D eigenvalue weighted by Gasteiger charge is 2.53. The Bertz CT molecular complexity index is 2820. The molecule has 0 saturated carbocycles. The van der Waals surface area contributed by atoms with Crippen molar-refractivity contribution in [3.63, 3.8) is 0 Å². The van der Waals surface area contributed by atoms with Crippen LogP contribution in [0.4, 0.5) is 17.2 Å². The third-order valence-corrected chi connectivity index (χ3v) is 11.6. The van der Waals surface area contributed by atoms with Crippen LogP contribution < -0.4 is 4.90 Å². The minimum Gasteiger partial charge on any atom is -0.294 e. The summed E-state index contributed by atoms with van der Waals surface area (Å²) in [6.45, 7) is 0. The van der Waals surface area contributed by atoms with Gasteiger partial charge in [0.25, 0.3) is 0 Å². The van der Waals surface area contributed by atoms with Gasteiger partial charge in [0.2, 0.25) is 0 Å². The molecule has 0 aliphatic heterocycles. The second kappa shape index (κ2) is 12.1. The van der Waals surface area contributed by atoms with Crippen LogP contribution in [-0.2, 0) is 5.41 Å². The number of allylic oxidation sites excluding steroid dienone is 4. The Kier molecular flexibility index (Phi) is 6.90. The van der Waals surface area contributed by atoms with E-state index in [9.17, 15) is 0 Å². The Labute approximate surface area is 315 Å². The van der Waals surface area contributed by atoms with Gasteiger partial charge in [-0.05, 0) is 93.3 Å². The number of anilines is 3. The van der Waals surface area contributed by atoms with Gasteiger partial charge in [-0.15, -0.1) is 0 Å². The van der Waals surface area contributed by atoms with E-state index in [1.54, 1.807) is 0 Å². The molecule has 3 nitrogen and oxygen atoms in total. The summed E-state index contributed by atoms with van der Waals surface area (Å²) in [7, 11) is 0. The second-order valence-corrected chi connectivity index (χ2v) is 14.4. The maximum atomic E-state index is 5.47. The summed E-state index contributed by atoms with van der Waals surface area (Å²) in [5, 5.41) is 0.995. The molecule has 1 unspecified atom stereocenters. The van der Waals surface area contributed by atoms with Crippen LogP contribution in [-0.4, -0.2) is 9.97 Å². The van der Waals surface area contributed by atoms with Crippen molar-refractivity contribution >= 4 is 33.7 Å². The third-order valence-electron chi connectivity index (χ3n) is 11.6. The fourth-order valence-electron chi connectivity index (χ4n) is 9.34. The Balaban J connectivity index is 1.22. The number of hydrogen-bond donors (Lipinski definition) is 0. The zero-order chi connectivity index (χ0) is 35.6. The molecule has 3 aliphatic rings. The monoisotopic (exact) mass is 689 g/mol. The van der Waals surface area contributed by atoms with E-state index in [1.165, 1.54) is 55.7 Å². The number of rotatable bonds is 5. The van der Waals surface area contributed by atoms with Gasteiger partial charge in [0.15, 0.2) is 5.82 Å². The van der Waals surface area contributed by atoms with E-state index in [0.29, 0.717) is 5.82 Å². The molecule has 7 aromatic carbocycles. The lowest BCUT2D eigenvalue weighted by molar-refractivity contribution is 0.780. The highest BCUT2D eigenvalue weighted by atomic mass is 15.2. The fourth-order valence-corrected chi connectivity index (χ4v) is 9.34. The Morgan fingerprint density at radius 2 is 1.13 bits per heavy atom. The van der Waals surface area contributed by atoms with E-state index in [1.807, 2.05) is 6.07 Å². The molecule has 3 aliphatic carbocycles. The first kappa shape index (κ1) is 30.8. The summed E-state index contributed by atoms with van der Waals surface area (Å²) in [5.74, 6) is 1.55. The fraction of sp³-hybridized carbons (Fsp3) is 0.0588. The van der Waals surface area contributed by atoms with Crippen LogP contribution in [0.1, 0.15) is 35.1 Å². The summed E-state index contributed by atoms with van der Waals surface area (Å²) in [4.78, 5) is 13.0. The Morgan fingerprint density at radius 3 is 1.93 bits per heavy atom. The molecule has 54 heavy (non-hydrogen) atoms. The summed E-state index contributed by atoms with van der Waals surface area (Å²) in [5.41, 5.74) is 16.8. The molecule has 0 N–H and O–H groups in total. The number of para-hydroxylation sites is 1. The number of aromatic nitrogens is 2. The first-order valence-electron chi connectivity index (χ1n) is 18.8. The molecule has 1 heterocycles. The summed E-state index contributed by atoms with van der Waals surface area (Å²) >= 11 is 0. The van der Waals surface area contributed by atoms with E-state index >= 15 is 0 Å². The lowest BCUT2D eigenvalue weighted by Crippen LogP contribution is -2.27. The van der Waals surface area contributed by atoms with Gasteiger partial charge in [-0.1, -0.05) is 158 Å². The van der Waals surface area contributed by atoms with Crippen molar-refractivity contribution in [1.82, 2.24) is 9.97 Å². The van der Waals surface area contributed by atoms with E-state index in [4.69, 9.17) is 9.97 Å². The zero-order valence-corrected chi connectivity index (χ0v) is 29.7. The van der Waals surface area contributed by atoms with E-state index in [0.717, 1.165) is 46.5 Å². The van der Waals surface area contributed by atoms with Crippen LogP contribution in [0.3, 0.4) is 0 Å². The van der Waals surface area contributed by atoms with Gasteiger partial charge in [0.1, 0.15) is 5.82 Å². The van der Waals surface area contributed by atoms with Crippen molar-refractivity contribution in [2.75, 3.05) is 4.90 Å². The standard InChI is InChI=1S/C51H35N3/c1-3-16-34(17-4-1)35-30-32-37(33-31-35)54(50-41-23-10-14-28-46(41)52-49(53-50)36-18-5-2-6-19-36)47-29-15-27-45-48(47)40-22-9-13-26-44(40)51(45)42-24-11-7-20-38(42)39-21-8-12-25-43(39)51/h1-7,9-20,22-33H,8,21H2. The quantitative estimate of drug-likeness (QED) is 0.180. The Hall–Kier alpha value is -6.84. The predicted molar refractivity (Wildman–Crippen MR) is 222 cm³/mol. The number of benzene rings is 7. The average molecular weight is 690 g/mol. The van der Waals surface area contributed by atoms with E-state index < -0.39 is 5.41 Å². The molecule has 8 aromatic rings. The van der Waals surface area contributed by atoms with Crippen molar-refractivity contribution in [2.24, 2.45) is 0 Å². The lowest BCUT2D eigenvalue weighted by atomic mass is 9.69. The maximum absolute atomic E-state index is 5.47. The molecule has 1 aromatic heterocycles. The molecular formula is C51H35N3. The van der Waals surface area contributed by atoms with Crippen LogP contribution in [0.25, 0.3) is 50.1 Å². The molecule has 0 bridgehead atoms. The highest BCUT2D eigenvalue weighted by molar-refractivity contribution is 6.04. The Morgan fingerprint density at radius 1 is 0.500 bits per heavy atom. The van der Waals surface area contributed by atoms with Crippen molar-refractivity contribution in [3.8, 4) is 33.6 Å². The van der Waals surface area contributed by atoms with Crippen LogP contribution >= 0.6 is 0 Å². The summed E-state index contributed by atoms with van der Waals surface area (Å²) in [6, 6.07) is 63.4. The minimum atomic E-state index is -0.406. The van der Waals surface area contributed by atoms with E-state index in [2.05, 4.69) is 187 Å². The second-order valence-electron chi connectivity index (χ2n) is 14.4. The normalized spacial score (nSPS) is 16.3. The van der Waals surface area contributed by atoms with Crippen LogP contribution in [0.15, 0.2) is 194 Å². The highest BCUT2D eigenvalue weighted by Crippen LogP contribution is 2.65. The van der Waals surface area contributed by atoms with Crippen molar-refractivity contribution in [1.29, 1.82) is 0 Å². The van der Waals surface area contributed by atoms with Crippen molar-refractivity contribution in [2.45, 2.75) is 18.3 Å². The van der Waals surface area contributed by atoms with Crippen LogP contribution in [0, 0.1) is 0 Å². The van der Waals surface area contributed by atoms with Crippen molar-refractivity contribution in [3.05, 3.63) is 216 Å². The number of nitrogens with zero attached hydrogens (tertiary/aromatic N) is 3. The molecule has 1 spiro atoms. The molecule has 254 valence electrons. The molecule has 0 saturated heterocycles. The van der Waals surface area contributed by atoms with Crippen LogP contribution in [0.2, 0.25) is 0 Å². The van der Waals surface area contributed by atoms with Crippen molar-refractivity contribution < 1.29 is 0 Å². The molecule has 11 rings (SSSR count). The van der Waals surface area contributed by atoms with E-state index in [-0.39, 0.29) is 0 Å². The average Bonchev–Trinajstić information content (AvgIpc) is 3.73. The van der Waals surface area contributed by atoms with Gasteiger partial charge in [0.05, 0.1) is 16.6 Å². The molecular weight excluding hydrogens is 655 g/mol. The smallest absolute Gasteiger partial charge is 0.162 e. The number of fused-ring (bicyclic) bond motifs is 10. The predicted octanol–water partition coefficient (Wildman–Crippen LogP) is 12.9. The number of hydrogen-bond acceptors (Lipinski definition) is 3. The summed E-state index contributed by atoms with van der Waals surface area (Å²) in [6.07, 6.45) is 6.91. The van der Waals surface area contributed by atoms with Crippen LogP contribution in [0.5, 0.6) is 0 Å². The van der Waals surface area contributed by atoms with Gasteiger partial charge >= 0.3 is 0 Å². The maximum Gasteiger partial charge on any atom is 0.162 e. The SMILES string of the molecule is C1=CC2=C(CC1)c1ccccc1C21c2ccccc2-c2c(N(c3ccc(-c4ccccc4)cc3)c3nc(-c4ccccc4)nc4ccccc34)cccc21. The largest absolute Gasteiger partial charge is 0.294 e. The zero-order valence-electron chi connectivity index (χ0n) is 29.7. The topological polar surface area (TPSA) is 29.0 Å². The molecule has 3 heteroatoms. The van der Waals surface area contributed by atoms with Gasteiger partial charge in [0, 0.05) is 22.2 Å². The van der Waals surface area contributed by atoms with Gasteiger partial charge in [-0.25, -0.2) is 9.97 Å². The van der Waals surface area contributed by atoms with Gasteiger partial charge in [-0.3, -0.25) is 4.90 Å². The summed E-state index contributed by atoms with van der Waals surface area (Å²) < 4.78 is 0. The minimum absolute atomic E-state index is 0.406. The lowest BCUT2D eigenvalue weighted by Gasteiger charge is -2.33. The molecule has 1 atom stereocenters. The third kappa shape index (κ3) is 4.42. The first-order valence-corrected chi connectivity index (χ1v) is 18.8.